The van der Waals surface area contributed by atoms with Gasteiger partial charge in [0.2, 0.25) is 0 Å². The van der Waals surface area contributed by atoms with E-state index in [1.807, 2.05) is 20.0 Å². The predicted molar refractivity (Wildman–Crippen MR) is 61.7 cm³/mol. The molecule has 1 aromatic heterocycles. The maximum Gasteiger partial charge on any atom is 0.124 e. The summed E-state index contributed by atoms with van der Waals surface area (Å²) in [6.45, 7) is 2.61. The standard InChI is InChI=1S/C12H14FN3/c1-9-7-12(16(2)15-9)14-8-10-3-5-11(13)6-4-10/h3-7,14H,8H2,1-2H3. The zero-order chi connectivity index (χ0) is 11.5. The molecular formula is C12H14FN3. The Bertz CT molecular complexity index is 474. The average molecular weight is 219 g/mol. The number of nitrogens with zero attached hydrogens (tertiary/aromatic N) is 2. The van der Waals surface area contributed by atoms with Crippen molar-refractivity contribution in [2.75, 3.05) is 5.32 Å². The highest BCUT2D eigenvalue weighted by Crippen LogP contribution is 2.10. The molecule has 0 bridgehead atoms. The SMILES string of the molecule is Cc1cc(NCc2ccc(F)cc2)n(C)n1. The van der Waals surface area contributed by atoms with Crippen molar-refractivity contribution in [3.05, 3.63) is 47.4 Å². The molecule has 0 aliphatic carbocycles. The summed E-state index contributed by atoms with van der Waals surface area (Å²) in [5, 5.41) is 7.48. The van der Waals surface area contributed by atoms with Crippen molar-refractivity contribution in [2.24, 2.45) is 7.05 Å². The molecule has 0 radical (unpaired) electrons. The summed E-state index contributed by atoms with van der Waals surface area (Å²) in [6.07, 6.45) is 0. The summed E-state index contributed by atoms with van der Waals surface area (Å²) in [4.78, 5) is 0. The molecule has 0 aliphatic rings. The minimum absolute atomic E-state index is 0.208. The largest absolute Gasteiger partial charge is 0.366 e. The van der Waals surface area contributed by atoms with Crippen LogP contribution in [0.2, 0.25) is 0 Å². The van der Waals surface area contributed by atoms with E-state index in [1.165, 1.54) is 12.1 Å². The maximum atomic E-state index is 12.7. The van der Waals surface area contributed by atoms with Gasteiger partial charge in [0.15, 0.2) is 0 Å². The van der Waals surface area contributed by atoms with E-state index in [-0.39, 0.29) is 5.82 Å². The van der Waals surface area contributed by atoms with Gasteiger partial charge in [-0.15, -0.1) is 0 Å². The Morgan fingerprint density at radius 3 is 2.56 bits per heavy atom. The minimum atomic E-state index is -0.208. The van der Waals surface area contributed by atoms with Crippen LogP contribution < -0.4 is 5.32 Å². The van der Waals surface area contributed by atoms with Gasteiger partial charge < -0.3 is 5.32 Å². The summed E-state index contributed by atoms with van der Waals surface area (Å²) < 4.78 is 14.5. The Labute approximate surface area is 93.9 Å². The van der Waals surface area contributed by atoms with Crippen LogP contribution in [-0.2, 0) is 13.6 Å². The van der Waals surface area contributed by atoms with Gasteiger partial charge in [-0.1, -0.05) is 12.1 Å². The normalized spacial score (nSPS) is 10.4. The molecule has 4 heteroatoms. The first-order chi connectivity index (χ1) is 7.65. The van der Waals surface area contributed by atoms with Gasteiger partial charge >= 0.3 is 0 Å². The van der Waals surface area contributed by atoms with Crippen LogP contribution >= 0.6 is 0 Å². The molecule has 0 fully saturated rings. The van der Waals surface area contributed by atoms with Crippen LogP contribution in [0, 0.1) is 12.7 Å². The first-order valence-electron chi connectivity index (χ1n) is 5.14. The number of hydrogen-bond donors (Lipinski definition) is 1. The first kappa shape index (κ1) is 10.7. The van der Waals surface area contributed by atoms with Crippen LogP contribution in [0.4, 0.5) is 10.2 Å². The third-order valence-electron chi connectivity index (χ3n) is 2.39. The molecule has 1 N–H and O–H groups in total. The number of benzene rings is 1. The summed E-state index contributed by atoms with van der Waals surface area (Å²) >= 11 is 0. The van der Waals surface area contributed by atoms with Gasteiger partial charge in [-0.05, 0) is 24.6 Å². The number of halogens is 1. The molecule has 16 heavy (non-hydrogen) atoms. The topological polar surface area (TPSA) is 29.9 Å². The van der Waals surface area contributed by atoms with E-state index in [4.69, 9.17) is 0 Å². The molecule has 0 spiro atoms. The lowest BCUT2D eigenvalue weighted by Crippen LogP contribution is -2.04. The molecule has 2 rings (SSSR count). The second-order valence-electron chi connectivity index (χ2n) is 3.77. The Morgan fingerprint density at radius 1 is 1.31 bits per heavy atom. The molecule has 0 amide bonds. The highest BCUT2D eigenvalue weighted by atomic mass is 19.1. The van der Waals surface area contributed by atoms with Gasteiger partial charge in [0, 0.05) is 19.7 Å². The fourth-order valence-corrected chi connectivity index (χ4v) is 1.57. The van der Waals surface area contributed by atoms with Crippen LogP contribution in [0.1, 0.15) is 11.3 Å². The monoisotopic (exact) mass is 219 g/mol. The molecule has 2 aromatic rings. The number of aryl methyl sites for hydroxylation is 2. The number of anilines is 1. The molecule has 0 aliphatic heterocycles. The first-order valence-corrected chi connectivity index (χ1v) is 5.14. The summed E-state index contributed by atoms with van der Waals surface area (Å²) in [7, 11) is 1.89. The second kappa shape index (κ2) is 4.35. The van der Waals surface area contributed by atoms with Crippen LogP contribution in [0.15, 0.2) is 30.3 Å². The third-order valence-corrected chi connectivity index (χ3v) is 2.39. The predicted octanol–water partition coefficient (Wildman–Crippen LogP) is 2.48. The van der Waals surface area contributed by atoms with E-state index in [2.05, 4.69) is 10.4 Å². The Balaban J connectivity index is 2.02. The lowest BCUT2D eigenvalue weighted by molar-refractivity contribution is 0.627. The highest BCUT2D eigenvalue weighted by Gasteiger charge is 2.01. The van der Waals surface area contributed by atoms with E-state index in [0.717, 1.165) is 17.1 Å². The maximum absolute atomic E-state index is 12.7. The molecule has 0 atom stereocenters. The smallest absolute Gasteiger partial charge is 0.124 e. The van der Waals surface area contributed by atoms with E-state index < -0.39 is 0 Å². The summed E-state index contributed by atoms with van der Waals surface area (Å²) in [5.41, 5.74) is 2.02. The molecule has 0 saturated carbocycles. The van der Waals surface area contributed by atoms with Crippen LogP contribution in [0.25, 0.3) is 0 Å². The fourth-order valence-electron chi connectivity index (χ4n) is 1.57. The van der Waals surface area contributed by atoms with E-state index in [1.54, 1.807) is 16.8 Å². The Morgan fingerprint density at radius 2 is 2.00 bits per heavy atom. The van der Waals surface area contributed by atoms with Crippen molar-refractivity contribution in [3.63, 3.8) is 0 Å². The zero-order valence-corrected chi connectivity index (χ0v) is 9.37. The third kappa shape index (κ3) is 2.39. The fraction of sp³-hybridized carbons (Fsp3) is 0.250. The Hall–Kier alpha value is -1.84. The van der Waals surface area contributed by atoms with E-state index in [9.17, 15) is 4.39 Å². The number of nitrogens with one attached hydrogen (secondary N) is 1. The molecular weight excluding hydrogens is 205 g/mol. The molecule has 0 unspecified atom stereocenters. The van der Waals surface area contributed by atoms with Gasteiger partial charge in [0.1, 0.15) is 11.6 Å². The van der Waals surface area contributed by atoms with Gasteiger partial charge in [-0.2, -0.15) is 5.10 Å². The number of rotatable bonds is 3. The van der Waals surface area contributed by atoms with Crippen molar-refractivity contribution in [1.82, 2.24) is 9.78 Å². The van der Waals surface area contributed by atoms with Crippen molar-refractivity contribution in [3.8, 4) is 0 Å². The highest BCUT2D eigenvalue weighted by molar-refractivity contribution is 5.37. The Kier molecular flexibility index (Phi) is 2.90. The van der Waals surface area contributed by atoms with E-state index >= 15 is 0 Å². The minimum Gasteiger partial charge on any atom is -0.366 e. The van der Waals surface area contributed by atoms with Crippen molar-refractivity contribution >= 4 is 5.82 Å². The van der Waals surface area contributed by atoms with Gasteiger partial charge in [0.05, 0.1) is 5.69 Å². The van der Waals surface area contributed by atoms with Gasteiger partial charge in [-0.3, -0.25) is 4.68 Å². The number of hydrogen-bond acceptors (Lipinski definition) is 2. The van der Waals surface area contributed by atoms with Crippen molar-refractivity contribution in [2.45, 2.75) is 13.5 Å². The molecule has 84 valence electrons. The van der Waals surface area contributed by atoms with Gasteiger partial charge in [0.25, 0.3) is 0 Å². The van der Waals surface area contributed by atoms with Crippen LogP contribution in [0.5, 0.6) is 0 Å². The molecule has 0 saturated heterocycles. The van der Waals surface area contributed by atoms with Crippen LogP contribution in [-0.4, -0.2) is 9.78 Å². The molecule has 1 heterocycles. The van der Waals surface area contributed by atoms with Crippen molar-refractivity contribution < 1.29 is 4.39 Å². The lowest BCUT2D eigenvalue weighted by Gasteiger charge is -2.06. The van der Waals surface area contributed by atoms with Crippen LogP contribution in [0.3, 0.4) is 0 Å². The van der Waals surface area contributed by atoms with E-state index in [0.29, 0.717) is 6.54 Å². The number of aromatic nitrogens is 2. The summed E-state index contributed by atoms with van der Waals surface area (Å²) in [5.74, 6) is 0.752. The summed E-state index contributed by atoms with van der Waals surface area (Å²) in [6, 6.07) is 8.44. The quantitative estimate of drug-likeness (QED) is 0.859. The lowest BCUT2D eigenvalue weighted by atomic mass is 10.2. The second-order valence-corrected chi connectivity index (χ2v) is 3.77. The van der Waals surface area contributed by atoms with Gasteiger partial charge in [-0.25, -0.2) is 4.39 Å². The van der Waals surface area contributed by atoms with Crippen molar-refractivity contribution in [1.29, 1.82) is 0 Å². The average Bonchev–Trinajstić information content (AvgIpc) is 2.57. The molecule has 1 aromatic carbocycles. The zero-order valence-electron chi connectivity index (χ0n) is 9.37. The molecule has 3 nitrogen and oxygen atoms in total.